The maximum atomic E-state index is 4.04. The van der Waals surface area contributed by atoms with Crippen molar-refractivity contribution in [3.05, 3.63) is 23.8 Å². The van der Waals surface area contributed by atoms with Crippen molar-refractivity contribution in [1.29, 1.82) is 0 Å². The molecule has 0 amide bonds. The quantitative estimate of drug-likeness (QED) is 0.617. The van der Waals surface area contributed by atoms with Crippen molar-refractivity contribution in [2.75, 3.05) is 0 Å². The first-order valence-corrected chi connectivity index (χ1v) is 4.10. The number of hydrogen-bond donors (Lipinski definition) is 0. The molecule has 1 heterocycles. The van der Waals surface area contributed by atoms with Crippen LogP contribution in [0.1, 0.15) is 32.0 Å². The molecule has 0 aliphatic carbocycles. The third-order valence-electron chi connectivity index (χ3n) is 1.39. The van der Waals surface area contributed by atoms with Gasteiger partial charge in [-0.05, 0) is 18.9 Å². The van der Waals surface area contributed by atoms with Gasteiger partial charge in [-0.25, -0.2) is 9.97 Å². The van der Waals surface area contributed by atoms with E-state index in [2.05, 4.69) is 16.9 Å². The Morgan fingerprint density at radius 2 is 2.00 bits per heavy atom. The topological polar surface area (TPSA) is 25.8 Å². The van der Waals surface area contributed by atoms with Crippen LogP contribution in [-0.2, 0) is 6.42 Å². The molecule has 0 saturated carbocycles. The molecule has 0 fully saturated rings. The molecule has 0 spiro atoms. The number of aromatic nitrogens is 2. The predicted octanol–water partition coefficient (Wildman–Crippen LogP) is 2.37. The molecule has 0 unspecified atom stereocenters. The van der Waals surface area contributed by atoms with Crippen LogP contribution in [0.3, 0.4) is 0 Å². The predicted molar refractivity (Wildman–Crippen MR) is 47.5 cm³/mol. The Bertz CT molecular complexity index is 197. The Morgan fingerprint density at radius 1 is 1.36 bits per heavy atom. The van der Waals surface area contributed by atoms with Crippen LogP contribution >= 0.6 is 0 Å². The fourth-order valence-corrected chi connectivity index (χ4v) is 0.767. The summed E-state index contributed by atoms with van der Waals surface area (Å²) >= 11 is 0. The van der Waals surface area contributed by atoms with E-state index in [9.17, 15) is 0 Å². The molecule has 0 aliphatic heterocycles. The highest BCUT2D eigenvalue weighted by Crippen LogP contribution is 2.00. The van der Waals surface area contributed by atoms with Gasteiger partial charge >= 0.3 is 0 Å². The molecular weight excluding hydrogens is 136 g/mol. The van der Waals surface area contributed by atoms with Crippen molar-refractivity contribution in [1.82, 2.24) is 9.97 Å². The van der Waals surface area contributed by atoms with Gasteiger partial charge in [0.25, 0.3) is 0 Å². The minimum absolute atomic E-state index is 1.02. The van der Waals surface area contributed by atoms with E-state index in [0.29, 0.717) is 0 Å². The Kier molecular flexibility index (Phi) is 5.35. The SMILES string of the molecule is CC.CCc1cncnc1C. The molecule has 0 aliphatic rings. The summed E-state index contributed by atoms with van der Waals surface area (Å²) in [5.74, 6) is 0. The summed E-state index contributed by atoms with van der Waals surface area (Å²) in [6.07, 6.45) is 4.46. The minimum Gasteiger partial charge on any atom is -0.245 e. The van der Waals surface area contributed by atoms with Gasteiger partial charge < -0.3 is 0 Å². The first-order chi connectivity index (χ1) is 5.34. The second-order valence-electron chi connectivity index (χ2n) is 1.99. The van der Waals surface area contributed by atoms with Crippen LogP contribution in [0.15, 0.2) is 12.5 Å². The third-order valence-corrected chi connectivity index (χ3v) is 1.39. The van der Waals surface area contributed by atoms with Crippen LogP contribution in [0.5, 0.6) is 0 Å². The van der Waals surface area contributed by atoms with Gasteiger partial charge in [0.05, 0.1) is 0 Å². The lowest BCUT2D eigenvalue weighted by Crippen LogP contribution is -1.90. The Balaban J connectivity index is 0.000000461. The van der Waals surface area contributed by atoms with Crippen LogP contribution in [0, 0.1) is 6.92 Å². The normalized spacial score (nSPS) is 8.36. The summed E-state index contributed by atoms with van der Waals surface area (Å²) in [5, 5.41) is 0. The summed E-state index contributed by atoms with van der Waals surface area (Å²) in [6.45, 7) is 8.10. The van der Waals surface area contributed by atoms with Crippen LogP contribution in [0.2, 0.25) is 0 Å². The Labute approximate surface area is 68.7 Å². The summed E-state index contributed by atoms with van der Waals surface area (Å²) in [7, 11) is 0. The smallest absolute Gasteiger partial charge is 0.115 e. The van der Waals surface area contributed by atoms with Gasteiger partial charge in [0.1, 0.15) is 6.33 Å². The van der Waals surface area contributed by atoms with E-state index in [1.807, 2.05) is 27.0 Å². The third kappa shape index (κ3) is 3.12. The highest BCUT2D eigenvalue weighted by Gasteiger charge is 1.92. The first kappa shape index (κ1) is 10.1. The van der Waals surface area contributed by atoms with Crippen LogP contribution < -0.4 is 0 Å². The van der Waals surface area contributed by atoms with Crippen molar-refractivity contribution < 1.29 is 0 Å². The van der Waals surface area contributed by atoms with Crippen molar-refractivity contribution >= 4 is 0 Å². The zero-order valence-electron chi connectivity index (χ0n) is 7.76. The summed E-state index contributed by atoms with van der Waals surface area (Å²) in [4.78, 5) is 7.94. The van der Waals surface area contributed by atoms with Gasteiger partial charge in [-0.2, -0.15) is 0 Å². The average Bonchev–Trinajstić information content (AvgIpc) is 2.09. The summed E-state index contributed by atoms with van der Waals surface area (Å²) in [5.41, 5.74) is 2.32. The molecule has 2 nitrogen and oxygen atoms in total. The maximum Gasteiger partial charge on any atom is 0.115 e. The van der Waals surface area contributed by atoms with E-state index in [-0.39, 0.29) is 0 Å². The second-order valence-corrected chi connectivity index (χ2v) is 1.99. The van der Waals surface area contributed by atoms with Crippen molar-refractivity contribution in [2.45, 2.75) is 34.1 Å². The molecule has 0 radical (unpaired) electrons. The maximum absolute atomic E-state index is 4.04. The molecule has 0 atom stereocenters. The monoisotopic (exact) mass is 152 g/mol. The van der Waals surface area contributed by atoms with E-state index < -0.39 is 0 Å². The molecule has 0 saturated heterocycles. The molecule has 0 bridgehead atoms. The molecule has 2 heteroatoms. The van der Waals surface area contributed by atoms with Gasteiger partial charge in [-0.3, -0.25) is 0 Å². The Hall–Kier alpha value is -0.920. The number of aryl methyl sites for hydroxylation is 2. The van der Waals surface area contributed by atoms with Crippen molar-refractivity contribution in [3.8, 4) is 0 Å². The van der Waals surface area contributed by atoms with Gasteiger partial charge in [0, 0.05) is 11.9 Å². The van der Waals surface area contributed by atoms with E-state index in [4.69, 9.17) is 0 Å². The lowest BCUT2D eigenvalue weighted by atomic mass is 10.2. The minimum atomic E-state index is 1.02. The van der Waals surface area contributed by atoms with Gasteiger partial charge in [-0.1, -0.05) is 20.8 Å². The average molecular weight is 152 g/mol. The number of nitrogens with zero attached hydrogens (tertiary/aromatic N) is 2. The molecular formula is C9H16N2. The Morgan fingerprint density at radius 3 is 2.36 bits per heavy atom. The van der Waals surface area contributed by atoms with Gasteiger partial charge in [-0.15, -0.1) is 0 Å². The van der Waals surface area contributed by atoms with E-state index in [0.717, 1.165) is 12.1 Å². The van der Waals surface area contributed by atoms with E-state index in [1.54, 1.807) is 6.33 Å². The zero-order chi connectivity index (χ0) is 8.69. The molecule has 1 aromatic rings. The molecule has 0 N–H and O–H groups in total. The van der Waals surface area contributed by atoms with Crippen LogP contribution in [0.4, 0.5) is 0 Å². The fourth-order valence-electron chi connectivity index (χ4n) is 0.767. The van der Waals surface area contributed by atoms with E-state index in [1.165, 1.54) is 5.56 Å². The lowest BCUT2D eigenvalue weighted by Gasteiger charge is -1.96. The lowest BCUT2D eigenvalue weighted by molar-refractivity contribution is 0.995. The number of hydrogen-bond acceptors (Lipinski definition) is 2. The number of rotatable bonds is 1. The van der Waals surface area contributed by atoms with Crippen LogP contribution in [0.25, 0.3) is 0 Å². The molecule has 11 heavy (non-hydrogen) atoms. The van der Waals surface area contributed by atoms with Gasteiger partial charge in [0.15, 0.2) is 0 Å². The molecule has 62 valence electrons. The largest absolute Gasteiger partial charge is 0.245 e. The second kappa shape index (κ2) is 5.83. The first-order valence-electron chi connectivity index (χ1n) is 4.10. The molecule has 0 aromatic carbocycles. The fraction of sp³-hybridized carbons (Fsp3) is 0.556. The molecule has 1 rings (SSSR count). The van der Waals surface area contributed by atoms with Gasteiger partial charge in [0.2, 0.25) is 0 Å². The molecule has 1 aromatic heterocycles. The summed E-state index contributed by atoms with van der Waals surface area (Å²) in [6, 6.07) is 0. The standard InChI is InChI=1S/C7H10N2.C2H6/c1-3-7-4-8-5-9-6(7)2;1-2/h4-5H,3H2,1-2H3;1-2H3. The zero-order valence-corrected chi connectivity index (χ0v) is 7.76. The highest BCUT2D eigenvalue weighted by atomic mass is 14.8. The van der Waals surface area contributed by atoms with E-state index >= 15 is 0 Å². The highest BCUT2D eigenvalue weighted by molar-refractivity contribution is 5.13. The van der Waals surface area contributed by atoms with Crippen molar-refractivity contribution in [2.24, 2.45) is 0 Å². The summed E-state index contributed by atoms with van der Waals surface area (Å²) < 4.78 is 0. The van der Waals surface area contributed by atoms with Crippen LogP contribution in [-0.4, -0.2) is 9.97 Å². The van der Waals surface area contributed by atoms with Crippen molar-refractivity contribution in [3.63, 3.8) is 0 Å².